The highest BCUT2D eigenvalue weighted by molar-refractivity contribution is 6.28. The van der Waals surface area contributed by atoms with E-state index in [4.69, 9.17) is 16.3 Å². The van der Waals surface area contributed by atoms with Crippen LogP contribution >= 0.6 is 11.6 Å². The van der Waals surface area contributed by atoms with E-state index in [-0.39, 0.29) is 5.97 Å². The van der Waals surface area contributed by atoms with Crippen LogP contribution in [0.4, 0.5) is 0 Å². The summed E-state index contributed by atoms with van der Waals surface area (Å²) >= 11 is 5.60. The third-order valence-electron chi connectivity index (χ3n) is 2.20. The molecule has 0 spiro atoms. The maximum Gasteiger partial charge on any atom is 0.341 e. The monoisotopic (exact) mass is 284 g/mol. The Kier molecular flexibility index (Phi) is 5.95. The number of halogens is 1. The average Bonchev–Trinajstić information content (AvgIpc) is 2.83. The Hall–Kier alpha value is -1.95. The highest BCUT2D eigenvalue weighted by Gasteiger charge is 2.09. The molecule has 0 aliphatic carbocycles. The van der Waals surface area contributed by atoms with Crippen molar-refractivity contribution in [2.24, 2.45) is 0 Å². The molecule has 0 amide bonds. The van der Waals surface area contributed by atoms with Crippen molar-refractivity contribution in [3.63, 3.8) is 0 Å². The van der Waals surface area contributed by atoms with Crippen molar-refractivity contribution in [2.45, 2.75) is 13.5 Å². The lowest BCUT2D eigenvalue weighted by Gasteiger charge is -2.07. The van der Waals surface area contributed by atoms with Crippen molar-refractivity contribution in [2.75, 3.05) is 13.7 Å². The Morgan fingerprint density at radius 2 is 2.42 bits per heavy atom. The van der Waals surface area contributed by atoms with Gasteiger partial charge in [-0.1, -0.05) is 18.2 Å². The van der Waals surface area contributed by atoms with E-state index >= 15 is 0 Å². The first kappa shape index (κ1) is 15.1. The summed E-state index contributed by atoms with van der Waals surface area (Å²) in [6.45, 7) is 6.08. The highest BCUT2D eigenvalue weighted by Crippen LogP contribution is 2.03. The third-order valence-corrected chi connectivity index (χ3v) is 2.31. The molecular weight excluding hydrogens is 268 g/mol. The van der Waals surface area contributed by atoms with Crippen molar-refractivity contribution in [1.29, 1.82) is 0 Å². The number of rotatable bonds is 7. The molecule has 19 heavy (non-hydrogen) atoms. The molecule has 0 saturated carbocycles. The largest absolute Gasteiger partial charge is 0.462 e. The van der Waals surface area contributed by atoms with Crippen molar-refractivity contribution >= 4 is 17.6 Å². The summed E-state index contributed by atoms with van der Waals surface area (Å²) in [5.74, 6) is -0.379. The van der Waals surface area contributed by atoms with Crippen LogP contribution in [0.3, 0.4) is 0 Å². The molecule has 1 rings (SSSR count). The molecule has 1 heterocycles. The lowest BCUT2D eigenvalue weighted by Crippen LogP contribution is -2.16. The molecule has 1 aromatic heterocycles. The van der Waals surface area contributed by atoms with Crippen LogP contribution in [0.1, 0.15) is 17.3 Å². The number of hydrogen-bond acceptors (Lipinski definition) is 5. The molecule has 0 unspecified atom stereocenters. The minimum atomic E-state index is -0.379. The number of ether oxygens (including phenoxy) is 1. The first-order valence-electron chi connectivity index (χ1n) is 5.74. The van der Waals surface area contributed by atoms with E-state index in [0.29, 0.717) is 23.9 Å². The van der Waals surface area contributed by atoms with Crippen LogP contribution in [-0.2, 0) is 11.3 Å². The van der Waals surface area contributed by atoms with Crippen molar-refractivity contribution < 1.29 is 9.53 Å². The molecule has 0 fully saturated rings. The SMILES string of the molecule is C=C(Cl)N/C=C(/Cn1cc(C(=O)OCC)cn1)NC. The molecule has 7 heteroatoms. The molecule has 0 aromatic carbocycles. The molecule has 6 nitrogen and oxygen atoms in total. The minimum absolute atomic E-state index is 0.320. The Morgan fingerprint density at radius 3 is 3.00 bits per heavy atom. The van der Waals surface area contributed by atoms with Gasteiger partial charge in [0.15, 0.2) is 0 Å². The van der Waals surface area contributed by atoms with Gasteiger partial charge in [-0.25, -0.2) is 4.79 Å². The second-order valence-corrected chi connectivity index (χ2v) is 4.07. The topological polar surface area (TPSA) is 68.2 Å². The molecular formula is C12H17ClN4O2. The van der Waals surface area contributed by atoms with Gasteiger partial charge in [-0.2, -0.15) is 5.10 Å². The van der Waals surface area contributed by atoms with Gasteiger partial charge in [0.1, 0.15) is 0 Å². The second kappa shape index (κ2) is 7.48. The summed E-state index contributed by atoms with van der Waals surface area (Å²) in [7, 11) is 1.78. The van der Waals surface area contributed by atoms with Gasteiger partial charge in [0.2, 0.25) is 0 Å². The zero-order valence-corrected chi connectivity index (χ0v) is 11.7. The molecule has 0 radical (unpaired) electrons. The quantitative estimate of drug-likeness (QED) is 0.585. The van der Waals surface area contributed by atoms with E-state index in [1.807, 2.05) is 0 Å². The lowest BCUT2D eigenvalue weighted by molar-refractivity contribution is 0.0526. The van der Waals surface area contributed by atoms with Crippen LogP contribution in [-0.4, -0.2) is 29.4 Å². The van der Waals surface area contributed by atoms with Crippen molar-refractivity contribution in [1.82, 2.24) is 20.4 Å². The zero-order chi connectivity index (χ0) is 14.3. The number of hydrogen-bond donors (Lipinski definition) is 2. The fourth-order valence-corrected chi connectivity index (χ4v) is 1.36. The normalized spacial score (nSPS) is 11.0. The smallest absolute Gasteiger partial charge is 0.341 e. The number of allylic oxidation sites excluding steroid dienone is 1. The van der Waals surface area contributed by atoms with Crippen LogP contribution < -0.4 is 10.6 Å². The molecule has 0 aliphatic heterocycles. The molecule has 2 N–H and O–H groups in total. The standard InChI is InChI=1S/C12H17ClN4O2/c1-4-19-12(18)10-5-16-17(7-10)8-11(14-3)6-15-9(2)13/h5-7,14-15H,2,4,8H2,1,3H3/b11-6-. The minimum Gasteiger partial charge on any atom is -0.462 e. The van der Waals surface area contributed by atoms with Gasteiger partial charge in [0, 0.05) is 25.1 Å². The van der Waals surface area contributed by atoms with E-state index in [1.54, 1.807) is 31.1 Å². The lowest BCUT2D eigenvalue weighted by atomic mass is 10.4. The second-order valence-electron chi connectivity index (χ2n) is 3.62. The van der Waals surface area contributed by atoms with Crippen molar-refractivity contribution in [3.8, 4) is 0 Å². The molecule has 104 valence electrons. The highest BCUT2D eigenvalue weighted by atomic mass is 35.5. The first-order chi connectivity index (χ1) is 9.06. The van der Waals surface area contributed by atoms with Crippen LogP contribution in [0.5, 0.6) is 0 Å². The van der Waals surface area contributed by atoms with E-state index in [1.165, 1.54) is 6.20 Å². The molecule has 0 aliphatic rings. The molecule has 0 atom stereocenters. The number of esters is 1. The van der Waals surface area contributed by atoms with Crippen LogP contribution in [0, 0.1) is 0 Å². The Bertz CT molecular complexity index is 482. The Morgan fingerprint density at radius 1 is 1.68 bits per heavy atom. The predicted molar refractivity (Wildman–Crippen MR) is 73.5 cm³/mol. The number of nitrogens with one attached hydrogen (secondary N) is 2. The number of nitrogens with zero attached hydrogens (tertiary/aromatic N) is 2. The number of likely N-dealkylation sites (N-methyl/N-ethyl adjacent to an activating group) is 1. The summed E-state index contributed by atoms with van der Waals surface area (Å²) in [6.07, 6.45) is 4.78. The van der Waals surface area contributed by atoms with Gasteiger partial charge in [0.05, 0.1) is 30.1 Å². The van der Waals surface area contributed by atoms with Gasteiger partial charge in [-0.15, -0.1) is 0 Å². The van der Waals surface area contributed by atoms with Gasteiger partial charge in [-0.3, -0.25) is 4.68 Å². The average molecular weight is 285 g/mol. The summed E-state index contributed by atoms with van der Waals surface area (Å²) < 4.78 is 6.51. The van der Waals surface area contributed by atoms with E-state index in [2.05, 4.69) is 22.3 Å². The van der Waals surface area contributed by atoms with Crippen LogP contribution in [0.25, 0.3) is 0 Å². The fourth-order valence-electron chi connectivity index (χ4n) is 1.31. The van der Waals surface area contributed by atoms with E-state index in [0.717, 1.165) is 5.70 Å². The summed E-state index contributed by atoms with van der Waals surface area (Å²) in [5, 5.41) is 10.2. The van der Waals surface area contributed by atoms with Gasteiger partial charge in [-0.05, 0) is 6.92 Å². The maximum atomic E-state index is 11.5. The Balaban J connectivity index is 2.68. The summed E-state index contributed by atoms with van der Waals surface area (Å²) in [4.78, 5) is 11.5. The van der Waals surface area contributed by atoms with Gasteiger partial charge < -0.3 is 15.4 Å². The molecule has 0 bridgehead atoms. The third kappa shape index (κ3) is 5.05. The fraction of sp³-hybridized carbons (Fsp3) is 0.333. The number of aromatic nitrogens is 2. The van der Waals surface area contributed by atoms with Gasteiger partial charge >= 0.3 is 5.97 Å². The summed E-state index contributed by atoms with van der Waals surface area (Å²) in [5.41, 5.74) is 1.26. The zero-order valence-electron chi connectivity index (χ0n) is 10.9. The first-order valence-corrected chi connectivity index (χ1v) is 6.12. The van der Waals surface area contributed by atoms with Crippen molar-refractivity contribution in [3.05, 3.63) is 41.6 Å². The maximum absolute atomic E-state index is 11.5. The van der Waals surface area contributed by atoms with E-state index < -0.39 is 0 Å². The predicted octanol–water partition coefficient (Wildman–Crippen LogP) is 1.42. The van der Waals surface area contributed by atoms with Gasteiger partial charge in [0.25, 0.3) is 0 Å². The summed E-state index contributed by atoms with van der Waals surface area (Å²) in [6, 6.07) is 0. The van der Waals surface area contributed by atoms with E-state index in [9.17, 15) is 4.79 Å². The molecule has 0 saturated heterocycles. The molecule has 1 aromatic rings. The Labute approximate surface area is 117 Å². The van der Waals surface area contributed by atoms with Crippen LogP contribution in [0.2, 0.25) is 0 Å². The number of carbonyl (C=O) groups is 1. The number of carbonyl (C=O) groups excluding carboxylic acids is 1. The van der Waals surface area contributed by atoms with Crippen LogP contribution in [0.15, 0.2) is 36.0 Å².